The highest BCUT2D eigenvalue weighted by Crippen LogP contribution is 2.29. The minimum absolute atomic E-state index is 0.000183. The Morgan fingerprint density at radius 1 is 0.970 bits per heavy atom. The third kappa shape index (κ3) is 4.20. The maximum atomic E-state index is 13.8. The first kappa shape index (κ1) is 21.8. The first-order valence-corrected chi connectivity index (χ1v) is 9.99. The fraction of sp³-hybridized carbons (Fsp3) is 0.0833. The van der Waals surface area contributed by atoms with E-state index in [2.05, 4.69) is 5.32 Å². The van der Waals surface area contributed by atoms with E-state index in [0.717, 1.165) is 23.1 Å². The molecule has 3 aromatic rings. The Hall–Kier alpha value is -4.40. The van der Waals surface area contributed by atoms with Gasteiger partial charge in [-0.25, -0.2) is 18.5 Å². The molecule has 9 heteroatoms. The normalized spacial score (nSPS) is 13.5. The standard InChI is InChI=1S/C24H17F2N3O4/c1-2-33-24(32)15-6-8-16(9-7-15)27-20-21(28-12-4-3-5-13-28)23(31)29(22(20)30)17-10-11-18(25)19(26)14-17/h3-14H,2H2,1H3/p+1. The Morgan fingerprint density at radius 3 is 2.30 bits per heavy atom. The molecule has 0 unspecified atom stereocenters. The van der Waals surface area contributed by atoms with Crippen molar-refractivity contribution in [3.05, 3.63) is 96.0 Å². The minimum atomic E-state index is -1.18. The van der Waals surface area contributed by atoms with Gasteiger partial charge in [-0.15, -0.1) is 0 Å². The predicted octanol–water partition coefficient (Wildman–Crippen LogP) is 3.28. The number of hydrogen-bond acceptors (Lipinski definition) is 5. The zero-order valence-corrected chi connectivity index (χ0v) is 17.4. The Balaban J connectivity index is 1.73. The first-order chi connectivity index (χ1) is 15.9. The molecule has 0 spiro atoms. The molecule has 33 heavy (non-hydrogen) atoms. The number of esters is 1. The zero-order valence-electron chi connectivity index (χ0n) is 17.4. The van der Waals surface area contributed by atoms with Crippen LogP contribution in [0.15, 0.2) is 78.8 Å². The van der Waals surface area contributed by atoms with Gasteiger partial charge in [-0.05, 0) is 43.3 Å². The van der Waals surface area contributed by atoms with Crippen LogP contribution in [0.25, 0.3) is 5.70 Å². The van der Waals surface area contributed by atoms with Crippen molar-refractivity contribution in [1.82, 2.24) is 0 Å². The molecule has 0 aliphatic carbocycles. The number of benzene rings is 2. The molecule has 4 rings (SSSR count). The molecular formula is C24H18F2N3O4+. The second-order valence-electron chi connectivity index (χ2n) is 6.97. The van der Waals surface area contributed by atoms with Crippen molar-refractivity contribution in [3.63, 3.8) is 0 Å². The van der Waals surface area contributed by atoms with E-state index >= 15 is 0 Å². The van der Waals surface area contributed by atoms with Crippen molar-refractivity contribution in [2.24, 2.45) is 0 Å². The lowest BCUT2D eigenvalue weighted by molar-refractivity contribution is -0.577. The van der Waals surface area contributed by atoms with Crippen LogP contribution in [-0.2, 0) is 14.3 Å². The van der Waals surface area contributed by atoms with E-state index in [1.807, 2.05) is 0 Å². The van der Waals surface area contributed by atoms with Gasteiger partial charge in [-0.3, -0.25) is 9.59 Å². The van der Waals surface area contributed by atoms with E-state index in [1.165, 1.54) is 16.7 Å². The Kier molecular flexibility index (Phi) is 5.95. The average molecular weight is 450 g/mol. The topological polar surface area (TPSA) is 79.6 Å². The summed E-state index contributed by atoms with van der Waals surface area (Å²) in [5.41, 5.74) is 0.587. The molecule has 1 aromatic heterocycles. The molecule has 0 radical (unpaired) electrons. The van der Waals surface area contributed by atoms with Crippen LogP contribution < -0.4 is 14.8 Å². The van der Waals surface area contributed by atoms with Gasteiger partial charge >= 0.3 is 17.6 Å². The second kappa shape index (κ2) is 8.99. The number of anilines is 2. The summed E-state index contributed by atoms with van der Waals surface area (Å²) in [5, 5.41) is 2.92. The summed E-state index contributed by atoms with van der Waals surface area (Å²) in [6.45, 7) is 1.93. The number of nitrogens with one attached hydrogen (secondary N) is 1. The zero-order chi connectivity index (χ0) is 23.5. The highest BCUT2D eigenvalue weighted by Gasteiger charge is 2.46. The van der Waals surface area contributed by atoms with Crippen molar-refractivity contribution >= 4 is 34.9 Å². The smallest absolute Gasteiger partial charge is 0.338 e. The van der Waals surface area contributed by atoms with Crippen LogP contribution in [-0.4, -0.2) is 24.4 Å². The van der Waals surface area contributed by atoms with Crippen molar-refractivity contribution in [3.8, 4) is 0 Å². The van der Waals surface area contributed by atoms with Crippen LogP contribution in [0.3, 0.4) is 0 Å². The van der Waals surface area contributed by atoms with E-state index in [1.54, 1.807) is 49.6 Å². The third-order valence-electron chi connectivity index (χ3n) is 4.86. The van der Waals surface area contributed by atoms with Crippen LogP contribution >= 0.6 is 0 Å². The van der Waals surface area contributed by atoms with Gasteiger partial charge < -0.3 is 10.1 Å². The molecule has 0 saturated carbocycles. The number of pyridine rings is 1. The van der Waals surface area contributed by atoms with E-state index in [9.17, 15) is 23.2 Å². The second-order valence-corrected chi connectivity index (χ2v) is 6.97. The van der Waals surface area contributed by atoms with E-state index in [4.69, 9.17) is 4.74 Å². The lowest BCUT2D eigenvalue weighted by Gasteiger charge is -2.14. The van der Waals surface area contributed by atoms with Crippen molar-refractivity contribution in [1.29, 1.82) is 0 Å². The number of carbonyl (C=O) groups excluding carboxylic acids is 3. The van der Waals surface area contributed by atoms with Crippen LogP contribution in [0.5, 0.6) is 0 Å². The fourth-order valence-electron chi connectivity index (χ4n) is 3.33. The molecule has 1 aliphatic heterocycles. The Morgan fingerprint density at radius 2 is 1.67 bits per heavy atom. The molecule has 2 amide bonds. The number of amides is 2. The number of carbonyl (C=O) groups is 3. The minimum Gasteiger partial charge on any atom is -0.462 e. The third-order valence-corrected chi connectivity index (χ3v) is 4.86. The number of imide groups is 1. The molecule has 0 saturated heterocycles. The number of hydrogen-bond donors (Lipinski definition) is 1. The number of nitrogens with zero attached hydrogens (tertiary/aromatic N) is 2. The van der Waals surface area contributed by atoms with E-state index in [-0.39, 0.29) is 23.7 Å². The van der Waals surface area contributed by atoms with Crippen molar-refractivity contribution in [2.75, 3.05) is 16.8 Å². The number of halogens is 2. The predicted molar refractivity (Wildman–Crippen MR) is 115 cm³/mol. The van der Waals surface area contributed by atoms with Crippen molar-refractivity contribution < 1.29 is 32.5 Å². The van der Waals surface area contributed by atoms with E-state index < -0.39 is 29.4 Å². The molecule has 0 fully saturated rings. The SMILES string of the molecule is CCOC(=O)c1ccc(NC2=C([n+]3ccccc3)C(=O)N(c3ccc(F)c(F)c3)C2=O)cc1. The van der Waals surface area contributed by atoms with Crippen LogP contribution in [0.1, 0.15) is 17.3 Å². The molecule has 2 aromatic carbocycles. The number of aromatic nitrogens is 1. The van der Waals surface area contributed by atoms with Gasteiger partial charge in [-0.2, -0.15) is 4.57 Å². The number of ether oxygens (including phenoxy) is 1. The summed E-state index contributed by atoms with van der Waals surface area (Å²) in [5.74, 6) is -4.22. The van der Waals surface area contributed by atoms with Crippen LogP contribution in [0.2, 0.25) is 0 Å². The molecule has 0 bridgehead atoms. The van der Waals surface area contributed by atoms with Gasteiger partial charge in [0.25, 0.3) is 5.91 Å². The molecular weight excluding hydrogens is 432 g/mol. The quantitative estimate of drug-likeness (QED) is 0.354. The summed E-state index contributed by atoms with van der Waals surface area (Å²) in [4.78, 5) is 39.1. The van der Waals surface area contributed by atoms with Gasteiger partial charge in [0.05, 0.1) is 17.9 Å². The first-order valence-electron chi connectivity index (χ1n) is 9.99. The maximum absolute atomic E-state index is 13.8. The molecule has 1 N–H and O–H groups in total. The molecule has 7 nitrogen and oxygen atoms in total. The highest BCUT2D eigenvalue weighted by atomic mass is 19.2. The molecule has 0 atom stereocenters. The molecule has 2 heterocycles. The summed E-state index contributed by atoms with van der Waals surface area (Å²) in [6.07, 6.45) is 3.17. The maximum Gasteiger partial charge on any atom is 0.338 e. The van der Waals surface area contributed by atoms with E-state index in [0.29, 0.717) is 11.3 Å². The Bertz CT molecular complexity index is 1270. The Labute approximate surface area is 187 Å². The summed E-state index contributed by atoms with van der Waals surface area (Å²) in [6, 6.07) is 14.0. The van der Waals surface area contributed by atoms with Gasteiger partial charge in [0.2, 0.25) is 0 Å². The van der Waals surface area contributed by atoms with Crippen molar-refractivity contribution in [2.45, 2.75) is 6.92 Å². The average Bonchev–Trinajstić information content (AvgIpc) is 3.06. The lowest BCUT2D eigenvalue weighted by atomic mass is 10.2. The van der Waals surface area contributed by atoms with Gasteiger partial charge in [-0.1, -0.05) is 6.07 Å². The monoisotopic (exact) mass is 450 g/mol. The van der Waals surface area contributed by atoms with Gasteiger partial charge in [0.15, 0.2) is 29.7 Å². The fourth-order valence-corrected chi connectivity index (χ4v) is 3.33. The van der Waals surface area contributed by atoms with Gasteiger partial charge in [0.1, 0.15) is 0 Å². The molecule has 166 valence electrons. The summed E-state index contributed by atoms with van der Waals surface area (Å²) >= 11 is 0. The number of rotatable bonds is 6. The summed E-state index contributed by atoms with van der Waals surface area (Å²) < 4.78 is 33.6. The highest BCUT2D eigenvalue weighted by molar-refractivity contribution is 6.42. The largest absolute Gasteiger partial charge is 0.462 e. The van der Waals surface area contributed by atoms with Gasteiger partial charge in [0, 0.05) is 23.9 Å². The molecule has 1 aliphatic rings. The summed E-state index contributed by atoms with van der Waals surface area (Å²) in [7, 11) is 0. The van der Waals surface area contributed by atoms with Crippen LogP contribution in [0, 0.1) is 11.6 Å². The van der Waals surface area contributed by atoms with Crippen LogP contribution in [0.4, 0.5) is 20.2 Å². The lowest BCUT2D eigenvalue weighted by Crippen LogP contribution is -2.39.